The van der Waals surface area contributed by atoms with Gasteiger partial charge in [-0.2, -0.15) is 0 Å². The fourth-order valence-electron chi connectivity index (χ4n) is 9.34. The molecular weight excluding hydrogens is 741 g/mol. The van der Waals surface area contributed by atoms with Crippen LogP contribution in [0.1, 0.15) is 0 Å². The molecule has 0 unspecified atom stereocenters. The lowest BCUT2D eigenvalue weighted by molar-refractivity contribution is 0.487. The van der Waals surface area contributed by atoms with Crippen molar-refractivity contribution in [2.45, 2.75) is 0 Å². The second-order valence-electron chi connectivity index (χ2n) is 15.7. The molecule has 0 saturated heterocycles. The molecule has 0 aromatic heterocycles. The van der Waals surface area contributed by atoms with Crippen molar-refractivity contribution < 1.29 is 4.74 Å². The van der Waals surface area contributed by atoms with Crippen molar-refractivity contribution in [2.75, 3.05) is 9.80 Å². The van der Waals surface area contributed by atoms with E-state index in [9.17, 15) is 0 Å². The molecule has 0 saturated carbocycles. The summed E-state index contributed by atoms with van der Waals surface area (Å²) in [7, 11) is 0. The van der Waals surface area contributed by atoms with Gasteiger partial charge in [-0.3, -0.25) is 0 Å². The minimum Gasteiger partial charge on any atom is -0.456 e. The molecule has 0 radical (unpaired) electrons. The number of para-hydroxylation sites is 2. The van der Waals surface area contributed by atoms with Crippen molar-refractivity contribution in [3.05, 3.63) is 231 Å². The first-order chi connectivity index (χ1) is 30.2. The Bertz CT molecular complexity index is 3260. The van der Waals surface area contributed by atoms with Gasteiger partial charge in [0.05, 0.1) is 11.4 Å². The number of rotatable bonds is 6. The zero-order chi connectivity index (χ0) is 40.3. The number of benzene rings is 10. The van der Waals surface area contributed by atoms with Crippen LogP contribution in [-0.2, 0) is 0 Å². The Balaban J connectivity index is 0.963. The Morgan fingerprint density at radius 3 is 1.59 bits per heavy atom. The fourth-order valence-corrected chi connectivity index (χ4v) is 9.34. The second kappa shape index (κ2) is 14.3. The van der Waals surface area contributed by atoms with Gasteiger partial charge < -0.3 is 14.5 Å². The van der Waals surface area contributed by atoms with Crippen LogP contribution in [0, 0.1) is 0 Å². The predicted octanol–water partition coefficient (Wildman–Crippen LogP) is 16.5. The van der Waals surface area contributed by atoms with Crippen molar-refractivity contribution in [1.82, 2.24) is 0 Å². The monoisotopic (exact) mass is 778 g/mol. The molecule has 2 heterocycles. The van der Waals surface area contributed by atoms with Crippen LogP contribution >= 0.6 is 0 Å². The van der Waals surface area contributed by atoms with Crippen molar-refractivity contribution >= 4 is 44.9 Å². The SMILES string of the molecule is c1ccc(-c2ccc(N(c3ccc(-c4ccc5c(c4)-c4ccccc4-c4ccccc4N5c4ccccc4)cc3)c3ccc4c(c3)Oc3cccc5cccc-4c35)cc2)cc1. The lowest BCUT2D eigenvalue weighted by Crippen LogP contribution is -2.11. The third-order valence-corrected chi connectivity index (χ3v) is 12.2. The van der Waals surface area contributed by atoms with Crippen LogP contribution in [0.5, 0.6) is 11.5 Å². The summed E-state index contributed by atoms with van der Waals surface area (Å²) in [6.07, 6.45) is 0. The van der Waals surface area contributed by atoms with Crippen LogP contribution in [-0.4, -0.2) is 0 Å². The van der Waals surface area contributed by atoms with Crippen LogP contribution in [0.3, 0.4) is 0 Å². The van der Waals surface area contributed by atoms with Gasteiger partial charge in [0.2, 0.25) is 0 Å². The molecule has 2 aliphatic heterocycles. The Morgan fingerprint density at radius 1 is 0.311 bits per heavy atom. The second-order valence-corrected chi connectivity index (χ2v) is 15.7. The smallest absolute Gasteiger partial charge is 0.137 e. The fraction of sp³-hybridized carbons (Fsp3) is 0. The van der Waals surface area contributed by atoms with Gasteiger partial charge in [0, 0.05) is 50.9 Å². The van der Waals surface area contributed by atoms with Gasteiger partial charge >= 0.3 is 0 Å². The zero-order valence-corrected chi connectivity index (χ0v) is 33.2. The van der Waals surface area contributed by atoms with E-state index in [1.807, 2.05) is 0 Å². The standard InChI is InChI=1S/C58H38N2O/c1-3-13-39(14-4-1)40-25-30-45(31-26-40)59(47-34-35-51-52-22-11-15-42-16-12-24-56(58(42)52)61-57(51)38-47)46-32-27-41(28-33-46)43-29-36-55-53(37-43)49-20-8-7-19-48(49)50-21-9-10-23-54(50)60(55)44-17-5-2-6-18-44/h1-38H. The van der Waals surface area contributed by atoms with E-state index in [1.165, 1.54) is 50.0 Å². The zero-order valence-electron chi connectivity index (χ0n) is 33.2. The summed E-state index contributed by atoms with van der Waals surface area (Å²) >= 11 is 0. The third kappa shape index (κ3) is 5.90. The molecule has 3 heteroatoms. The van der Waals surface area contributed by atoms with E-state index in [0.717, 1.165) is 62.0 Å². The summed E-state index contributed by atoms with van der Waals surface area (Å²) in [6, 6.07) is 82.9. The molecular formula is C58H38N2O. The number of hydrogen-bond donors (Lipinski definition) is 0. The quantitative estimate of drug-likeness (QED) is 0.167. The van der Waals surface area contributed by atoms with Gasteiger partial charge in [0.15, 0.2) is 0 Å². The molecule has 0 spiro atoms. The van der Waals surface area contributed by atoms with Crippen LogP contribution < -0.4 is 14.5 Å². The summed E-state index contributed by atoms with van der Waals surface area (Å²) in [6.45, 7) is 0. The van der Waals surface area contributed by atoms with Crippen LogP contribution in [0.2, 0.25) is 0 Å². The first-order valence-electron chi connectivity index (χ1n) is 20.8. The predicted molar refractivity (Wildman–Crippen MR) is 254 cm³/mol. The van der Waals surface area contributed by atoms with Crippen LogP contribution in [0.4, 0.5) is 34.1 Å². The molecule has 3 nitrogen and oxygen atoms in total. The molecule has 0 fully saturated rings. The summed E-state index contributed by atoms with van der Waals surface area (Å²) < 4.78 is 6.67. The van der Waals surface area contributed by atoms with Gasteiger partial charge in [-0.25, -0.2) is 0 Å². The number of anilines is 6. The van der Waals surface area contributed by atoms with E-state index in [0.29, 0.717) is 0 Å². The molecule has 10 aromatic rings. The number of ether oxygens (including phenoxy) is 1. The highest BCUT2D eigenvalue weighted by atomic mass is 16.5. The lowest BCUT2D eigenvalue weighted by atomic mass is 9.92. The minimum atomic E-state index is 0.850. The van der Waals surface area contributed by atoms with Crippen LogP contribution in [0.25, 0.3) is 66.4 Å². The lowest BCUT2D eigenvalue weighted by Gasteiger charge is -2.28. The van der Waals surface area contributed by atoms with Crippen molar-refractivity contribution in [3.8, 4) is 67.1 Å². The maximum absolute atomic E-state index is 6.67. The molecule has 0 N–H and O–H groups in total. The van der Waals surface area contributed by atoms with E-state index in [1.54, 1.807) is 0 Å². The number of hydrogen-bond acceptors (Lipinski definition) is 3. The molecule has 0 amide bonds. The Hall–Kier alpha value is -8.14. The van der Waals surface area contributed by atoms with Gasteiger partial charge in [-0.1, -0.05) is 152 Å². The highest BCUT2D eigenvalue weighted by Crippen LogP contribution is 2.52. The van der Waals surface area contributed by atoms with E-state index >= 15 is 0 Å². The van der Waals surface area contributed by atoms with E-state index in [4.69, 9.17) is 4.74 Å². The summed E-state index contributed by atoms with van der Waals surface area (Å²) in [4.78, 5) is 4.73. The Kier molecular flexibility index (Phi) is 8.17. The van der Waals surface area contributed by atoms with Gasteiger partial charge in [-0.15, -0.1) is 0 Å². The van der Waals surface area contributed by atoms with Gasteiger partial charge in [0.25, 0.3) is 0 Å². The number of fused-ring (bicyclic) bond motifs is 7. The molecule has 286 valence electrons. The molecule has 61 heavy (non-hydrogen) atoms. The molecule has 2 aliphatic rings. The number of nitrogens with zero attached hydrogens (tertiary/aromatic N) is 2. The topological polar surface area (TPSA) is 15.7 Å². The summed E-state index contributed by atoms with van der Waals surface area (Å²) in [5.74, 6) is 1.74. The molecule has 0 atom stereocenters. The van der Waals surface area contributed by atoms with Crippen molar-refractivity contribution in [2.24, 2.45) is 0 Å². The highest BCUT2D eigenvalue weighted by Gasteiger charge is 2.27. The van der Waals surface area contributed by atoms with Crippen LogP contribution in [0.15, 0.2) is 231 Å². The van der Waals surface area contributed by atoms with E-state index < -0.39 is 0 Å². The molecule has 0 aliphatic carbocycles. The molecule has 12 rings (SSSR count). The minimum absolute atomic E-state index is 0.850. The summed E-state index contributed by atoms with van der Waals surface area (Å²) in [5, 5.41) is 2.34. The van der Waals surface area contributed by atoms with Gasteiger partial charge in [0.1, 0.15) is 11.5 Å². The molecule has 0 bridgehead atoms. The van der Waals surface area contributed by atoms with E-state index in [2.05, 4.69) is 240 Å². The van der Waals surface area contributed by atoms with Crippen molar-refractivity contribution in [3.63, 3.8) is 0 Å². The van der Waals surface area contributed by atoms with E-state index in [-0.39, 0.29) is 0 Å². The van der Waals surface area contributed by atoms with Crippen molar-refractivity contribution in [1.29, 1.82) is 0 Å². The highest BCUT2D eigenvalue weighted by molar-refractivity contribution is 6.05. The first-order valence-corrected chi connectivity index (χ1v) is 20.8. The largest absolute Gasteiger partial charge is 0.456 e. The Labute approximate surface area is 355 Å². The average molecular weight is 779 g/mol. The van der Waals surface area contributed by atoms with Gasteiger partial charge in [-0.05, 0) is 117 Å². The summed E-state index contributed by atoms with van der Waals surface area (Å²) in [5.41, 5.74) is 18.4. The third-order valence-electron chi connectivity index (χ3n) is 12.2. The Morgan fingerprint density at radius 2 is 0.852 bits per heavy atom. The average Bonchev–Trinajstić information content (AvgIpc) is 3.45. The first kappa shape index (κ1) is 34.9. The maximum Gasteiger partial charge on any atom is 0.137 e. The normalized spacial score (nSPS) is 12.0. The molecule has 10 aromatic carbocycles. The maximum atomic E-state index is 6.67.